The number of nitrogens with zero attached hydrogens (tertiary/aromatic N) is 4. The third kappa shape index (κ3) is 4.00. The van der Waals surface area contributed by atoms with Crippen LogP contribution in [0.3, 0.4) is 0 Å². The lowest BCUT2D eigenvalue weighted by Crippen LogP contribution is -2.32. The highest BCUT2D eigenvalue weighted by molar-refractivity contribution is 6.30. The zero-order valence-electron chi connectivity index (χ0n) is 13.2. The van der Waals surface area contributed by atoms with Crippen LogP contribution in [0.2, 0.25) is 10.2 Å². The van der Waals surface area contributed by atoms with Gasteiger partial charge in [0.25, 0.3) is 0 Å². The number of aromatic nitrogens is 1. The van der Waals surface area contributed by atoms with Crippen molar-refractivity contribution < 1.29 is 9.77 Å². The number of benzene rings is 1. The van der Waals surface area contributed by atoms with Crippen LogP contribution in [0.1, 0.15) is 24.2 Å². The van der Waals surface area contributed by atoms with E-state index in [9.17, 15) is 10.1 Å². The molecule has 0 amide bonds. The number of hydrazone groups is 1. The van der Waals surface area contributed by atoms with Crippen LogP contribution in [0.15, 0.2) is 47.7 Å². The van der Waals surface area contributed by atoms with Gasteiger partial charge in [0, 0.05) is 17.8 Å². The van der Waals surface area contributed by atoms with Gasteiger partial charge in [-0.15, -0.1) is 0 Å². The molecule has 0 unspecified atom stereocenters. The predicted molar refractivity (Wildman–Crippen MR) is 94.0 cm³/mol. The molecule has 1 fully saturated rings. The van der Waals surface area contributed by atoms with Crippen LogP contribution in [0.25, 0.3) is 0 Å². The van der Waals surface area contributed by atoms with E-state index in [0.29, 0.717) is 16.7 Å². The van der Waals surface area contributed by atoms with Crippen molar-refractivity contribution in [2.75, 3.05) is 0 Å². The number of pyridine rings is 1. The Balaban J connectivity index is 1.89. The molecule has 1 aromatic carbocycles. The first-order valence-electron chi connectivity index (χ1n) is 7.46. The molecule has 130 valence electrons. The number of nitro groups is 1. The zero-order valence-corrected chi connectivity index (χ0v) is 14.7. The molecule has 0 spiro atoms. The normalized spacial score (nSPS) is 21.4. The minimum Gasteiger partial charge on any atom is -0.451 e. The second kappa shape index (κ2) is 7.25. The second-order valence-corrected chi connectivity index (χ2v) is 6.39. The van der Waals surface area contributed by atoms with E-state index >= 15 is 0 Å². The van der Waals surface area contributed by atoms with E-state index < -0.39 is 11.1 Å². The average Bonchev–Trinajstić information content (AvgIpc) is 2.86. The van der Waals surface area contributed by atoms with Crippen molar-refractivity contribution in [1.82, 2.24) is 9.88 Å². The quantitative estimate of drug-likeness (QED) is 0.456. The van der Waals surface area contributed by atoms with Gasteiger partial charge < -0.3 is 9.64 Å². The lowest BCUT2D eigenvalue weighted by atomic mass is 10.0. The fraction of sp³-hybridized carbons (Fsp3) is 0.250. The number of halogens is 2. The molecule has 0 bridgehead atoms. The van der Waals surface area contributed by atoms with Crippen molar-refractivity contribution in [3.63, 3.8) is 0 Å². The summed E-state index contributed by atoms with van der Waals surface area (Å²) in [4.78, 5) is 16.6. The summed E-state index contributed by atoms with van der Waals surface area (Å²) in [5.41, 5.74) is 1.71. The van der Waals surface area contributed by atoms with E-state index in [0.717, 1.165) is 11.1 Å². The molecule has 9 heteroatoms. The van der Waals surface area contributed by atoms with Gasteiger partial charge in [0.05, 0.1) is 6.04 Å². The first kappa shape index (κ1) is 17.4. The van der Waals surface area contributed by atoms with Gasteiger partial charge in [-0.25, -0.2) is 15.1 Å². The van der Waals surface area contributed by atoms with Gasteiger partial charge in [0.1, 0.15) is 16.4 Å². The second-order valence-electron chi connectivity index (χ2n) is 5.57. The molecule has 1 aliphatic rings. The van der Waals surface area contributed by atoms with E-state index in [4.69, 9.17) is 27.9 Å². The molecule has 1 saturated heterocycles. The van der Waals surface area contributed by atoms with Gasteiger partial charge >= 0.3 is 6.02 Å². The molecule has 2 heterocycles. The van der Waals surface area contributed by atoms with E-state index in [2.05, 4.69) is 10.1 Å². The topological polar surface area (TPSA) is 80.9 Å². The van der Waals surface area contributed by atoms with E-state index in [1.165, 1.54) is 0 Å². The molecular formula is C16H14Cl2N4O3. The van der Waals surface area contributed by atoms with Crippen LogP contribution in [0, 0.1) is 10.1 Å². The molecule has 3 rings (SSSR count). The molecule has 0 radical (unpaired) electrons. The van der Waals surface area contributed by atoms with Crippen molar-refractivity contribution >= 4 is 29.2 Å². The van der Waals surface area contributed by atoms with Crippen LogP contribution < -0.4 is 0 Å². The summed E-state index contributed by atoms with van der Waals surface area (Å²) in [6.07, 6.45) is 1.23. The summed E-state index contributed by atoms with van der Waals surface area (Å²) in [5.74, 6) is 0. The number of hydrogen-bond donors (Lipinski definition) is 0. The largest absolute Gasteiger partial charge is 0.451 e. The summed E-state index contributed by atoms with van der Waals surface area (Å²) in [5, 5.41) is 14.5. The van der Waals surface area contributed by atoms with Crippen molar-refractivity contribution in [2.45, 2.75) is 25.6 Å². The van der Waals surface area contributed by atoms with Gasteiger partial charge in [0.15, 0.2) is 5.03 Å². The molecule has 2 atom stereocenters. The predicted octanol–water partition coefficient (Wildman–Crippen LogP) is 3.90. The SMILES string of the molecule is C[C@@H]1[C@@H](c2ccc(Cl)cc2)OC(=N[N+](=O)[O-])N1Cc1ccc(Cl)nc1. The Kier molecular flexibility index (Phi) is 5.06. The third-order valence-corrected chi connectivity index (χ3v) is 4.39. The first-order chi connectivity index (χ1) is 11.9. The lowest BCUT2D eigenvalue weighted by molar-refractivity contribution is -0.486. The Morgan fingerprint density at radius 2 is 2.00 bits per heavy atom. The highest BCUT2D eigenvalue weighted by Crippen LogP contribution is 2.34. The fourth-order valence-electron chi connectivity index (χ4n) is 2.68. The van der Waals surface area contributed by atoms with Crippen LogP contribution in [-0.4, -0.2) is 27.0 Å². The Hall–Kier alpha value is -2.38. The summed E-state index contributed by atoms with van der Waals surface area (Å²) < 4.78 is 5.76. The van der Waals surface area contributed by atoms with Crippen molar-refractivity contribution in [3.05, 3.63) is 74.0 Å². The van der Waals surface area contributed by atoms with E-state index in [1.54, 1.807) is 35.4 Å². The lowest BCUT2D eigenvalue weighted by Gasteiger charge is -2.21. The van der Waals surface area contributed by atoms with Gasteiger partial charge in [-0.05, 0) is 36.2 Å². The Labute approximate surface area is 154 Å². The van der Waals surface area contributed by atoms with Gasteiger partial charge in [-0.3, -0.25) is 0 Å². The molecule has 1 aromatic heterocycles. The monoisotopic (exact) mass is 380 g/mol. The van der Waals surface area contributed by atoms with E-state index in [-0.39, 0.29) is 12.1 Å². The third-order valence-electron chi connectivity index (χ3n) is 3.92. The summed E-state index contributed by atoms with van der Waals surface area (Å²) in [6, 6.07) is 10.4. The van der Waals surface area contributed by atoms with E-state index in [1.807, 2.05) is 19.1 Å². The zero-order chi connectivity index (χ0) is 18.0. The summed E-state index contributed by atoms with van der Waals surface area (Å²) in [7, 11) is 0. The van der Waals surface area contributed by atoms with Crippen molar-refractivity contribution in [2.24, 2.45) is 5.10 Å². The van der Waals surface area contributed by atoms with Gasteiger partial charge in [0.2, 0.25) is 0 Å². The number of hydrogen-bond acceptors (Lipinski definition) is 4. The Bertz CT molecular complexity index is 796. The van der Waals surface area contributed by atoms with Crippen LogP contribution in [0.4, 0.5) is 0 Å². The highest BCUT2D eigenvalue weighted by atomic mass is 35.5. The first-order valence-corrected chi connectivity index (χ1v) is 8.22. The minimum atomic E-state index is -0.764. The number of amidine groups is 1. The summed E-state index contributed by atoms with van der Waals surface area (Å²) >= 11 is 11.7. The van der Waals surface area contributed by atoms with Crippen LogP contribution >= 0.6 is 23.2 Å². The molecule has 7 nitrogen and oxygen atoms in total. The molecule has 2 aromatic rings. The maximum Gasteiger partial charge on any atom is 0.363 e. The molecule has 1 aliphatic heterocycles. The van der Waals surface area contributed by atoms with Crippen molar-refractivity contribution in [1.29, 1.82) is 0 Å². The van der Waals surface area contributed by atoms with Gasteiger partial charge in [-0.2, -0.15) is 0 Å². The maximum absolute atomic E-state index is 10.9. The Morgan fingerprint density at radius 3 is 2.60 bits per heavy atom. The Morgan fingerprint density at radius 1 is 1.28 bits per heavy atom. The molecule has 0 saturated carbocycles. The smallest absolute Gasteiger partial charge is 0.363 e. The molecular weight excluding hydrogens is 367 g/mol. The highest BCUT2D eigenvalue weighted by Gasteiger charge is 2.40. The number of ether oxygens (including phenoxy) is 1. The minimum absolute atomic E-state index is 0.0348. The maximum atomic E-state index is 10.9. The summed E-state index contributed by atoms with van der Waals surface area (Å²) in [6.45, 7) is 2.28. The average molecular weight is 381 g/mol. The molecule has 0 N–H and O–H groups in total. The number of rotatable bonds is 4. The molecule has 0 aliphatic carbocycles. The van der Waals surface area contributed by atoms with Gasteiger partial charge in [-0.1, -0.05) is 41.4 Å². The standard InChI is InChI=1S/C16H14Cl2N4O3/c1-10-15(12-3-5-13(17)6-4-12)25-16(20-22(23)24)21(10)9-11-2-7-14(18)19-8-11/h2-8,10,15H,9H2,1H3/t10-,15+/m1/s1. The van der Waals surface area contributed by atoms with Crippen molar-refractivity contribution in [3.8, 4) is 0 Å². The fourth-order valence-corrected chi connectivity index (χ4v) is 2.91. The van der Waals surface area contributed by atoms with Crippen LogP contribution in [0.5, 0.6) is 0 Å². The molecule has 25 heavy (non-hydrogen) atoms. The van der Waals surface area contributed by atoms with Crippen LogP contribution in [-0.2, 0) is 11.3 Å².